The second-order valence-electron chi connectivity index (χ2n) is 5.04. The lowest BCUT2D eigenvalue weighted by molar-refractivity contribution is -0.121. The van der Waals surface area contributed by atoms with Crippen molar-refractivity contribution in [2.75, 3.05) is 37.9 Å². The monoisotopic (exact) mass is 295 g/mol. The second-order valence-corrected chi connectivity index (χ2v) is 5.04. The number of methoxy groups -OCH3 is 1. The van der Waals surface area contributed by atoms with Crippen LogP contribution in [0, 0.1) is 0 Å². The molecule has 118 valence electrons. The van der Waals surface area contributed by atoms with Crippen LogP contribution in [0.5, 0.6) is 0 Å². The molecule has 1 rings (SSSR count). The van der Waals surface area contributed by atoms with Crippen molar-refractivity contribution < 1.29 is 9.53 Å². The zero-order chi connectivity index (χ0) is 15.8. The lowest BCUT2D eigenvalue weighted by Gasteiger charge is -2.20. The van der Waals surface area contributed by atoms with Crippen molar-refractivity contribution in [2.24, 2.45) is 0 Å². The maximum absolute atomic E-state index is 12.0. The molecular weight excluding hydrogens is 270 g/mol. The number of rotatable bonds is 8. The molecule has 0 aliphatic heterocycles. The maximum Gasteiger partial charge on any atom is 0.242 e. The van der Waals surface area contributed by atoms with E-state index in [4.69, 9.17) is 4.74 Å². The Hall–Kier alpha value is -1.89. The number of nitrogens with zero attached hydrogens (tertiary/aromatic N) is 2. The Labute approximate surface area is 125 Å². The average molecular weight is 295 g/mol. The number of carbonyl (C=O) groups is 1. The van der Waals surface area contributed by atoms with Gasteiger partial charge in [0.25, 0.3) is 0 Å². The third-order valence-corrected chi connectivity index (χ3v) is 3.05. The number of amides is 1. The fraction of sp³-hybridized carbons (Fsp3) is 0.643. The molecule has 1 heterocycles. The van der Waals surface area contributed by atoms with Crippen LogP contribution in [-0.4, -0.2) is 49.2 Å². The van der Waals surface area contributed by atoms with Gasteiger partial charge in [-0.1, -0.05) is 13.8 Å². The van der Waals surface area contributed by atoms with Crippen LogP contribution in [0.25, 0.3) is 0 Å². The Morgan fingerprint density at radius 1 is 1.29 bits per heavy atom. The van der Waals surface area contributed by atoms with E-state index in [1.165, 1.54) is 6.33 Å². The SMILES string of the molecule is CNc1ncnc(NC(C)C(=O)NCCOC)c1C(C)C. The lowest BCUT2D eigenvalue weighted by Crippen LogP contribution is -2.39. The molecule has 7 heteroatoms. The predicted octanol–water partition coefficient (Wildman–Crippen LogP) is 1.20. The third-order valence-electron chi connectivity index (χ3n) is 3.05. The van der Waals surface area contributed by atoms with Crippen LogP contribution in [-0.2, 0) is 9.53 Å². The topological polar surface area (TPSA) is 88.2 Å². The van der Waals surface area contributed by atoms with Crippen LogP contribution in [0.2, 0.25) is 0 Å². The fourth-order valence-corrected chi connectivity index (χ4v) is 1.96. The number of aromatic nitrogens is 2. The molecule has 1 aromatic heterocycles. The molecule has 1 unspecified atom stereocenters. The summed E-state index contributed by atoms with van der Waals surface area (Å²) in [5.41, 5.74) is 0.969. The highest BCUT2D eigenvalue weighted by Gasteiger charge is 2.18. The smallest absolute Gasteiger partial charge is 0.242 e. The molecular formula is C14H25N5O2. The summed E-state index contributed by atoms with van der Waals surface area (Å²) in [7, 11) is 3.42. The van der Waals surface area contributed by atoms with Gasteiger partial charge in [0.05, 0.1) is 6.61 Å². The molecule has 1 atom stereocenters. The van der Waals surface area contributed by atoms with E-state index < -0.39 is 0 Å². The fourth-order valence-electron chi connectivity index (χ4n) is 1.96. The first-order chi connectivity index (χ1) is 10.0. The quantitative estimate of drug-likeness (QED) is 0.625. The Balaban J connectivity index is 2.80. The average Bonchev–Trinajstić information content (AvgIpc) is 2.46. The first-order valence-corrected chi connectivity index (χ1v) is 7.07. The summed E-state index contributed by atoms with van der Waals surface area (Å²) >= 11 is 0. The van der Waals surface area contributed by atoms with Crippen LogP contribution in [0.3, 0.4) is 0 Å². The number of nitrogens with one attached hydrogen (secondary N) is 3. The van der Waals surface area contributed by atoms with Gasteiger partial charge in [-0.05, 0) is 12.8 Å². The minimum Gasteiger partial charge on any atom is -0.383 e. The standard InChI is InChI=1S/C14H25N5O2/c1-9(2)11-12(15-4)17-8-18-13(11)19-10(3)14(20)16-6-7-21-5/h8-10H,6-7H2,1-5H3,(H,16,20)(H2,15,17,18,19). The minimum absolute atomic E-state index is 0.0913. The largest absolute Gasteiger partial charge is 0.383 e. The molecule has 0 aliphatic rings. The molecule has 0 bridgehead atoms. The van der Waals surface area contributed by atoms with E-state index in [0.717, 1.165) is 11.4 Å². The second kappa shape index (κ2) is 8.41. The van der Waals surface area contributed by atoms with Gasteiger partial charge in [0.2, 0.25) is 5.91 Å². The first-order valence-electron chi connectivity index (χ1n) is 7.07. The van der Waals surface area contributed by atoms with Gasteiger partial charge in [-0.15, -0.1) is 0 Å². The molecule has 0 fully saturated rings. The van der Waals surface area contributed by atoms with Crippen molar-refractivity contribution in [1.82, 2.24) is 15.3 Å². The van der Waals surface area contributed by atoms with Gasteiger partial charge in [-0.3, -0.25) is 4.79 Å². The summed E-state index contributed by atoms with van der Waals surface area (Å²) in [6.45, 7) is 6.91. The van der Waals surface area contributed by atoms with Gasteiger partial charge in [-0.2, -0.15) is 0 Å². The highest BCUT2D eigenvalue weighted by atomic mass is 16.5. The van der Waals surface area contributed by atoms with Crippen molar-refractivity contribution in [1.29, 1.82) is 0 Å². The molecule has 1 amide bonds. The summed E-state index contributed by atoms with van der Waals surface area (Å²) in [6, 6.07) is -0.390. The molecule has 0 saturated heterocycles. The summed E-state index contributed by atoms with van der Waals surface area (Å²) in [5, 5.41) is 9.00. The zero-order valence-corrected chi connectivity index (χ0v) is 13.4. The normalized spacial score (nSPS) is 12.1. The molecule has 0 radical (unpaired) electrons. The van der Waals surface area contributed by atoms with Crippen LogP contribution in [0.1, 0.15) is 32.3 Å². The van der Waals surface area contributed by atoms with Gasteiger partial charge >= 0.3 is 0 Å². The lowest BCUT2D eigenvalue weighted by atomic mass is 10.0. The van der Waals surface area contributed by atoms with Gasteiger partial charge in [0.15, 0.2) is 0 Å². The summed E-state index contributed by atoms with van der Waals surface area (Å²) in [6.07, 6.45) is 1.48. The Morgan fingerprint density at radius 2 is 1.95 bits per heavy atom. The Bertz CT molecular complexity index is 465. The molecule has 0 spiro atoms. The number of hydrogen-bond donors (Lipinski definition) is 3. The van der Waals surface area contributed by atoms with E-state index >= 15 is 0 Å². The van der Waals surface area contributed by atoms with Crippen molar-refractivity contribution >= 4 is 17.5 Å². The van der Waals surface area contributed by atoms with Crippen molar-refractivity contribution in [3.05, 3.63) is 11.9 Å². The highest BCUT2D eigenvalue weighted by molar-refractivity contribution is 5.84. The molecule has 0 aromatic carbocycles. The van der Waals surface area contributed by atoms with Crippen molar-refractivity contribution in [3.63, 3.8) is 0 Å². The minimum atomic E-state index is -0.390. The van der Waals surface area contributed by atoms with E-state index in [1.807, 2.05) is 7.05 Å². The van der Waals surface area contributed by atoms with Crippen molar-refractivity contribution in [3.8, 4) is 0 Å². The summed E-state index contributed by atoms with van der Waals surface area (Å²) in [4.78, 5) is 20.4. The molecule has 3 N–H and O–H groups in total. The molecule has 7 nitrogen and oxygen atoms in total. The van der Waals surface area contributed by atoms with Gasteiger partial charge in [-0.25, -0.2) is 9.97 Å². The number of carbonyl (C=O) groups excluding carboxylic acids is 1. The third kappa shape index (κ3) is 4.86. The van der Waals surface area contributed by atoms with E-state index in [9.17, 15) is 4.79 Å². The van der Waals surface area contributed by atoms with Crippen molar-refractivity contribution in [2.45, 2.75) is 32.7 Å². The first kappa shape index (κ1) is 17.2. The van der Waals surface area contributed by atoms with E-state index in [1.54, 1.807) is 14.0 Å². The van der Waals surface area contributed by atoms with E-state index in [-0.39, 0.29) is 17.9 Å². The predicted molar refractivity (Wildman–Crippen MR) is 83.6 cm³/mol. The van der Waals surface area contributed by atoms with Crippen LogP contribution in [0.4, 0.5) is 11.6 Å². The van der Waals surface area contributed by atoms with Gasteiger partial charge in [0.1, 0.15) is 24.0 Å². The molecule has 0 aliphatic carbocycles. The zero-order valence-electron chi connectivity index (χ0n) is 13.4. The summed E-state index contributed by atoms with van der Waals surface area (Å²) < 4.78 is 4.91. The maximum atomic E-state index is 12.0. The number of anilines is 2. The Kier molecular flexibility index (Phi) is 6.87. The van der Waals surface area contributed by atoms with Gasteiger partial charge < -0.3 is 20.7 Å². The number of hydrogen-bond acceptors (Lipinski definition) is 6. The van der Waals surface area contributed by atoms with Crippen LogP contribution < -0.4 is 16.0 Å². The van der Waals surface area contributed by atoms with Crippen LogP contribution in [0.15, 0.2) is 6.33 Å². The Morgan fingerprint density at radius 3 is 2.52 bits per heavy atom. The summed E-state index contributed by atoms with van der Waals surface area (Å²) in [5.74, 6) is 1.60. The van der Waals surface area contributed by atoms with Gasteiger partial charge in [0, 0.05) is 26.3 Å². The van der Waals surface area contributed by atoms with E-state index in [2.05, 4.69) is 39.8 Å². The molecule has 21 heavy (non-hydrogen) atoms. The highest BCUT2D eigenvalue weighted by Crippen LogP contribution is 2.28. The molecule has 0 saturated carbocycles. The van der Waals surface area contributed by atoms with Crippen LogP contribution >= 0.6 is 0 Å². The molecule has 1 aromatic rings. The van der Waals surface area contributed by atoms with E-state index in [0.29, 0.717) is 19.0 Å². The number of ether oxygens (including phenoxy) is 1.